The molecule has 0 radical (unpaired) electrons. The summed E-state index contributed by atoms with van der Waals surface area (Å²) >= 11 is 3.58. The van der Waals surface area contributed by atoms with Gasteiger partial charge in [0.25, 0.3) is 12.9 Å². The number of nitrogens with zero attached hydrogens (tertiary/aromatic N) is 18. The summed E-state index contributed by atoms with van der Waals surface area (Å²) in [6.07, 6.45) is 3.74. The van der Waals surface area contributed by atoms with Gasteiger partial charge >= 0.3 is 0 Å². The van der Waals surface area contributed by atoms with Crippen molar-refractivity contribution in [1.82, 2.24) is 88.6 Å². The van der Waals surface area contributed by atoms with Crippen LogP contribution in [0.2, 0.25) is 0 Å². The molecule has 15 rings (SSSR count). The number of benzene rings is 3. The van der Waals surface area contributed by atoms with Crippen LogP contribution in [-0.4, -0.2) is 111 Å². The molecular weight excluding hydrogens is 1340 g/mol. The van der Waals surface area contributed by atoms with E-state index in [9.17, 15) is 45.8 Å². The number of carbonyl (C=O) groups excluding carboxylic acids is 3. The van der Waals surface area contributed by atoms with Crippen molar-refractivity contribution in [2.24, 2.45) is 38.9 Å². The Morgan fingerprint density at radius 1 is 0.535 bits per heavy atom. The SMILES string of the molecule is Cc1nc(-c2cnn(C)c2C(=O)CC2CCn3nc(-c4ccccc4)nc3C2)c(C(C)O)s1.Cn1ncc(-c2nc(C(F)F)cs2)c1C(=O)CC1CCn2nc(-c3cccc(F)c3)nc2C1.Cn1ncc(-c2nc(C(F)F)cs2)c1C(=O)CC1CCn2nc(-c3ccccc3F)nc2C1. The van der Waals surface area contributed by atoms with Crippen LogP contribution in [0.15, 0.2) is 108 Å². The van der Waals surface area contributed by atoms with Gasteiger partial charge in [0.05, 0.1) is 62.5 Å². The fourth-order valence-electron chi connectivity index (χ4n) is 12.7. The Balaban J connectivity index is 0.000000133. The molecule has 12 aromatic rings. The van der Waals surface area contributed by atoms with Crippen molar-refractivity contribution in [1.29, 1.82) is 0 Å². The lowest BCUT2D eigenvalue weighted by Crippen LogP contribution is -2.23. The van der Waals surface area contributed by atoms with Crippen molar-refractivity contribution in [3.8, 4) is 66.6 Å². The molecule has 12 heterocycles. The fourth-order valence-corrected chi connectivity index (χ4v) is 15.2. The highest BCUT2D eigenvalue weighted by Crippen LogP contribution is 2.38. The predicted octanol–water partition coefficient (Wildman–Crippen LogP) is 13.4. The maximum atomic E-state index is 14.1. The number of hydrogen-bond donors (Lipinski definition) is 1. The summed E-state index contributed by atoms with van der Waals surface area (Å²) in [5, 5.41) is 40.6. The quantitative estimate of drug-likeness (QED) is 0.0619. The van der Waals surface area contributed by atoms with E-state index in [2.05, 4.69) is 55.5 Å². The first-order chi connectivity index (χ1) is 47.7. The zero-order chi connectivity index (χ0) is 69.3. The topological polar surface area (TPSA) is 256 Å². The third kappa shape index (κ3) is 14.7. The summed E-state index contributed by atoms with van der Waals surface area (Å²) in [6.45, 7) is 5.56. The van der Waals surface area contributed by atoms with E-state index in [0.29, 0.717) is 117 Å². The van der Waals surface area contributed by atoms with E-state index in [-0.39, 0.29) is 71.0 Å². The van der Waals surface area contributed by atoms with Crippen LogP contribution in [0.3, 0.4) is 0 Å². The molecule has 0 fully saturated rings. The minimum Gasteiger partial charge on any atom is -0.388 e. The van der Waals surface area contributed by atoms with Crippen LogP contribution < -0.4 is 0 Å². The van der Waals surface area contributed by atoms with Gasteiger partial charge in [-0.1, -0.05) is 54.6 Å². The molecule has 0 spiro atoms. The smallest absolute Gasteiger partial charge is 0.281 e. The molecule has 3 aliphatic heterocycles. The van der Waals surface area contributed by atoms with E-state index < -0.39 is 19.0 Å². The number of aliphatic hydroxyl groups is 1. The Hall–Kier alpha value is -9.85. The number of hydrogen-bond acceptors (Lipinski definition) is 19. The molecule has 1 N–H and O–H groups in total. The van der Waals surface area contributed by atoms with Crippen LogP contribution in [0.1, 0.15) is 135 Å². The van der Waals surface area contributed by atoms with Gasteiger partial charge in [0.1, 0.15) is 67.6 Å². The van der Waals surface area contributed by atoms with Gasteiger partial charge in [-0.25, -0.2) is 70.3 Å². The highest BCUT2D eigenvalue weighted by molar-refractivity contribution is 7.13. The number of aromatic nitrogens is 18. The van der Waals surface area contributed by atoms with Crippen molar-refractivity contribution in [3.05, 3.63) is 176 Å². The summed E-state index contributed by atoms with van der Waals surface area (Å²) in [5.74, 6) is 3.23. The molecule has 0 bridgehead atoms. The molecule has 4 atom stereocenters. The molecule has 99 heavy (non-hydrogen) atoms. The Bertz CT molecular complexity index is 4920. The van der Waals surface area contributed by atoms with Gasteiger partial charge in [-0.3, -0.25) is 28.4 Å². The number of halogens is 6. The molecule has 9 aromatic heterocycles. The molecule has 22 nitrogen and oxygen atoms in total. The first-order valence-corrected chi connectivity index (χ1v) is 34.4. The highest BCUT2D eigenvalue weighted by atomic mass is 32.1. The van der Waals surface area contributed by atoms with Gasteiger partial charge in [-0.05, 0) is 75.1 Å². The molecule has 0 saturated carbocycles. The summed E-state index contributed by atoms with van der Waals surface area (Å²) in [6, 6.07) is 22.4. The number of aryl methyl sites for hydroxylation is 7. The second kappa shape index (κ2) is 28.9. The maximum absolute atomic E-state index is 14.1. The Kier molecular flexibility index (Phi) is 19.8. The molecule has 0 saturated heterocycles. The van der Waals surface area contributed by atoms with Crippen LogP contribution in [0.25, 0.3) is 66.6 Å². The summed E-state index contributed by atoms with van der Waals surface area (Å²) in [7, 11) is 5.08. The third-order valence-corrected chi connectivity index (χ3v) is 20.4. The average Bonchev–Trinajstić information content (AvgIpc) is 1.66. The largest absolute Gasteiger partial charge is 0.388 e. The maximum Gasteiger partial charge on any atom is 0.281 e. The summed E-state index contributed by atoms with van der Waals surface area (Å²) in [5.41, 5.74) is 4.85. The molecule has 3 aromatic carbocycles. The number of rotatable bonds is 18. The van der Waals surface area contributed by atoms with Crippen LogP contribution in [0, 0.1) is 36.3 Å². The molecular formula is C68H64F6N18O4S3. The lowest BCUT2D eigenvalue weighted by atomic mass is 9.90. The number of alkyl halides is 4. The monoisotopic (exact) mass is 1410 g/mol. The number of fused-ring (bicyclic) bond motifs is 3. The average molecular weight is 1410 g/mol. The van der Waals surface area contributed by atoms with Gasteiger partial charge in [-0.15, -0.1) is 34.0 Å². The molecule has 0 amide bonds. The Morgan fingerprint density at radius 2 is 0.970 bits per heavy atom. The molecule has 31 heteroatoms. The summed E-state index contributed by atoms with van der Waals surface area (Å²) < 4.78 is 89.5. The molecule has 3 aliphatic rings. The van der Waals surface area contributed by atoms with Gasteiger partial charge in [0, 0.05) is 101 Å². The van der Waals surface area contributed by atoms with E-state index in [1.807, 2.05) is 41.9 Å². The molecule has 510 valence electrons. The van der Waals surface area contributed by atoms with E-state index in [1.165, 1.54) is 62.1 Å². The van der Waals surface area contributed by atoms with Crippen LogP contribution in [-0.2, 0) is 60.0 Å². The first kappa shape index (κ1) is 67.7. The standard InChI is InChI=1S/C24H26N6O2S.2C22H19F3N6OS/c1-14(31)23-21(26-15(2)33-23)18-13-25-29(3)22(18)19(32)11-16-9-10-30-20(12-16)27-24(28-30)17-7-5-4-6-8-17;1-30-19(15(10-26-30)22-27-16(11-33-22)20(24)25)17(32)7-12-5-6-31-18(8-12)28-21(29-31)13-3-2-4-14(23)9-13;1-30-19(14(10-26-30)22-27-16(11-33-22)20(24)25)17(32)8-12-6-7-31-18(9-12)28-21(29-31)13-4-2-3-5-15(13)23/h4-8,13-14,16,31H,9-12H2,1-3H3;2-4,9-12,20H,5-8H2,1H3;2-5,10-12,20H,6-9H2,1H3. The minimum atomic E-state index is -2.67. The predicted molar refractivity (Wildman–Crippen MR) is 357 cm³/mol. The Morgan fingerprint density at radius 3 is 1.43 bits per heavy atom. The molecule has 0 aliphatic carbocycles. The zero-order valence-electron chi connectivity index (χ0n) is 54.1. The van der Waals surface area contributed by atoms with Gasteiger partial charge < -0.3 is 5.11 Å². The van der Waals surface area contributed by atoms with Crippen molar-refractivity contribution >= 4 is 51.4 Å². The molecule has 4 unspecified atom stereocenters. The van der Waals surface area contributed by atoms with E-state index in [1.54, 1.807) is 78.6 Å². The zero-order valence-corrected chi connectivity index (χ0v) is 56.5. The van der Waals surface area contributed by atoms with Crippen molar-refractivity contribution in [2.45, 2.75) is 110 Å². The lowest BCUT2D eigenvalue weighted by Gasteiger charge is -2.21. The number of thiazole rings is 3. The number of carbonyl (C=O) groups is 3. The highest BCUT2D eigenvalue weighted by Gasteiger charge is 2.33. The van der Waals surface area contributed by atoms with E-state index in [0.717, 1.165) is 81.4 Å². The normalized spacial score (nSPS) is 16.0. The third-order valence-electron chi connectivity index (χ3n) is 17.5. The van der Waals surface area contributed by atoms with Gasteiger partial charge in [-0.2, -0.15) is 30.6 Å². The van der Waals surface area contributed by atoms with Crippen molar-refractivity contribution in [3.63, 3.8) is 0 Å². The van der Waals surface area contributed by atoms with Gasteiger partial charge in [0.15, 0.2) is 34.8 Å². The minimum absolute atomic E-state index is 0.0262. The van der Waals surface area contributed by atoms with Crippen molar-refractivity contribution in [2.75, 3.05) is 0 Å². The van der Waals surface area contributed by atoms with Crippen LogP contribution in [0.4, 0.5) is 26.3 Å². The number of ketones is 3. The fraction of sp³-hybridized carbons (Fsp3) is 0.338. The first-order valence-electron chi connectivity index (χ1n) is 31.9. The van der Waals surface area contributed by atoms with Crippen molar-refractivity contribution < 1.29 is 45.8 Å². The Labute approximate surface area is 574 Å². The number of aliphatic hydroxyl groups excluding tert-OH is 1. The second-order valence-corrected chi connectivity index (χ2v) is 27.5. The second-order valence-electron chi connectivity index (χ2n) is 24.5. The van der Waals surface area contributed by atoms with Gasteiger partial charge in [0.2, 0.25) is 0 Å². The van der Waals surface area contributed by atoms with Crippen LogP contribution >= 0.6 is 34.0 Å². The number of Topliss-reactive ketones (excluding diaryl/α,β-unsaturated/α-hetero) is 3. The van der Waals surface area contributed by atoms with E-state index >= 15 is 0 Å². The summed E-state index contributed by atoms with van der Waals surface area (Å²) in [4.78, 5) is 66.9. The van der Waals surface area contributed by atoms with E-state index in [4.69, 9.17) is 4.98 Å². The van der Waals surface area contributed by atoms with Crippen LogP contribution in [0.5, 0.6) is 0 Å². The lowest BCUT2D eigenvalue weighted by molar-refractivity contribution is 0.0935.